The number of benzene rings is 2. The highest BCUT2D eigenvalue weighted by Crippen LogP contribution is 2.26. The first-order chi connectivity index (χ1) is 12.6. The summed E-state index contributed by atoms with van der Waals surface area (Å²) in [7, 11) is 0. The molecule has 0 aliphatic carbocycles. The zero-order valence-electron chi connectivity index (χ0n) is 14.6. The summed E-state index contributed by atoms with van der Waals surface area (Å²) in [5.74, 6) is 0.439. The predicted molar refractivity (Wildman–Crippen MR) is 103 cm³/mol. The third kappa shape index (κ3) is 3.88. The van der Waals surface area contributed by atoms with Gasteiger partial charge in [0.2, 0.25) is 11.8 Å². The number of ether oxygens (including phenoxy) is 1. The van der Waals surface area contributed by atoms with E-state index in [4.69, 9.17) is 4.74 Å². The summed E-state index contributed by atoms with van der Waals surface area (Å²) in [6.07, 6.45) is 0. The van der Waals surface area contributed by atoms with E-state index in [9.17, 15) is 9.59 Å². The second-order valence-electron chi connectivity index (χ2n) is 5.50. The van der Waals surface area contributed by atoms with Gasteiger partial charge in [-0.1, -0.05) is 36.0 Å². The normalized spacial score (nSPS) is 10.7. The monoisotopic (exact) mass is 369 g/mol. The molecule has 0 aliphatic rings. The Bertz CT molecular complexity index is 952. The van der Waals surface area contributed by atoms with Crippen molar-refractivity contribution >= 4 is 40.3 Å². The molecule has 3 aromatic rings. The van der Waals surface area contributed by atoms with Gasteiger partial charge < -0.3 is 10.1 Å². The molecule has 1 heterocycles. The van der Waals surface area contributed by atoms with Crippen LogP contribution in [0.5, 0.6) is 5.75 Å². The van der Waals surface area contributed by atoms with Gasteiger partial charge in [0.05, 0.1) is 29.1 Å². The molecule has 0 fully saturated rings. The molecule has 1 amide bonds. The van der Waals surface area contributed by atoms with E-state index in [2.05, 4.69) is 10.3 Å². The number of para-hydroxylation sites is 4. The number of hydrogen-bond donors (Lipinski definition) is 1. The van der Waals surface area contributed by atoms with Crippen LogP contribution in [-0.2, 0) is 4.79 Å². The van der Waals surface area contributed by atoms with E-state index < -0.39 is 0 Å². The Morgan fingerprint density at radius 1 is 1.15 bits per heavy atom. The van der Waals surface area contributed by atoms with Crippen molar-refractivity contribution in [2.45, 2.75) is 19.0 Å². The highest BCUT2D eigenvalue weighted by Gasteiger charge is 2.16. The van der Waals surface area contributed by atoms with Crippen molar-refractivity contribution in [3.05, 3.63) is 48.5 Å². The fourth-order valence-corrected chi connectivity index (χ4v) is 3.42. The summed E-state index contributed by atoms with van der Waals surface area (Å²) < 4.78 is 7.04. The average molecular weight is 369 g/mol. The number of amides is 1. The largest absolute Gasteiger partial charge is 0.492 e. The molecule has 2 aromatic carbocycles. The molecule has 3 rings (SSSR count). The molecule has 0 spiro atoms. The van der Waals surface area contributed by atoms with Gasteiger partial charge in [0, 0.05) is 6.92 Å². The van der Waals surface area contributed by atoms with Crippen LogP contribution in [0.1, 0.15) is 18.6 Å². The van der Waals surface area contributed by atoms with Crippen LogP contribution >= 0.6 is 11.8 Å². The zero-order valence-corrected chi connectivity index (χ0v) is 15.4. The van der Waals surface area contributed by atoms with Crippen molar-refractivity contribution in [3.63, 3.8) is 0 Å². The Balaban J connectivity index is 1.73. The number of thioether (sulfide) groups is 1. The first-order valence-electron chi connectivity index (χ1n) is 8.23. The lowest BCUT2D eigenvalue weighted by molar-refractivity contribution is -0.113. The van der Waals surface area contributed by atoms with E-state index in [1.165, 1.54) is 23.3 Å². The highest BCUT2D eigenvalue weighted by atomic mass is 32.2. The van der Waals surface area contributed by atoms with Crippen molar-refractivity contribution < 1.29 is 14.3 Å². The lowest BCUT2D eigenvalue weighted by atomic mass is 10.3. The number of carbonyl (C=O) groups is 2. The number of aromatic nitrogens is 2. The van der Waals surface area contributed by atoms with Gasteiger partial charge in [-0.3, -0.25) is 14.2 Å². The minimum absolute atomic E-state index is 0.136. The molecule has 0 bridgehead atoms. The number of carbonyl (C=O) groups excluding carboxylic acids is 2. The maximum Gasteiger partial charge on any atom is 0.234 e. The minimum atomic E-state index is -0.190. The third-order valence-electron chi connectivity index (χ3n) is 3.64. The highest BCUT2D eigenvalue weighted by molar-refractivity contribution is 7.99. The van der Waals surface area contributed by atoms with Crippen LogP contribution in [-0.4, -0.2) is 33.7 Å². The van der Waals surface area contributed by atoms with E-state index in [1.807, 2.05) is 43.3 Å². The smallest absolute Gasteiger partial charge is 0.234 e. The van der Waals surface area contributed by atoms with Crippen molar-refractivity contribution in [2.75, 3.05) is 17.7 Å². The summed E-state index contributed by atoms with van der Waals surface area (Å²) in [5.41, 5.74) is 2.09. The van der Waals surface area contributed by atoms with Crippen LogP contribution in [0.25, 0.3) is 11.0 Å². The van der Waals surface area contributed by atoms with Crippen LogP contribution in [0, 0.1) is 0 Å². The van der Waals surface area contributed by atoms with Crippen molar-refractivity contribution in [3.8, 4) is 5.75 Å². The van der Waals surface area contributed by atoms with E-state index in [1.54, 1.807) is 12.1 Å². The van der Waals surface area contributed by atoms with E-state index in [-0.39, 0.29) is 17.6 Å². The zero-order chi connectivity index (χ0) is 18.5. The lowest BCUT2D eigenvalue weighted by Gasteiger charge is -2.11. The summed E-state index contributed by atoms with van der Waals surface area (Å²) >= 11 is 1.23. The molecule has 0 aliphatic heterocycles. The van der Waals surface area contributed by atoms with Gasteiger partial charge in [-0.15, -0.1) is 0 Å². The van der Waals surface area contributed by atoms with Gasteiger partial charge >= 0.3 is 0 Å². The van der Waals surface area contributed by atoms with Gasteiger partial charge in [0.1, 0.15) is 5.75 Å². The maximum atomic E-state index is 12.3. The summed E-state index contributed by atoms with van der Waals surface area (Å²) in [5, 5.41) is 3.35. The Kier molecular flexibility index (Phi) is 5.58. The lowest BCUT2D eigenvalue weighted by Crippen LogP contribution is -2.16. The molecule has 0 atom stereocenters. The number of rotatable bonds is 6. The summed E-state index contributed by atoms with van der Waals surface area (Å²) in [6, 6.07) is 14.7. The fraction of sp³-hybridized carbons (Fsp3) is 0.211. The van der Waals surface area contributed by atoms with Crippen LogP contribution in [0.3, 0.4) is 0 Å². The Labute approximate surface area is 155 Å². The summed E-state index contributed by atoms with van der Waals surface area (Å²) in [6.45, 7) is 3.89. The van der Waals surface area contributed by atoms with Gasteiger partial charge in [-0.25, -0.2) is 4.98 Å². The Morgan fingerprint density at radius 3 is 2.65 bits per heavy atom. The molecule has 0 saturated heterocycles. The molecule has 134 valence electrons. The molecule has 1 aromatic heterocycles. The third-order valence-corrected chi connectivity index (χ3v) is 4.58. The first kappa shape index (κ1) is 18.0. The van der Waals surface area contributed by atoms with E-state index >= 15 is 0 Å². The summed E-state index contributed by atoms with van der Waals surface area (Å²) in [4.78, 5) is 28.8. The number of fused-ring (bicyclic) bond motifs is 1. The number of nitrogens with one attached hydrogen (secondary N) is 1. The molecule has 6 nitrogen and oxygen atoms in total. The number of hydrogen-bond acceptors (Lipinski definition) is 5. The van der Waals surface area contributed by atoms with E-state index in [0.29, 0.717) is 23.2 Å². The van der Waals surface area contributed by atoms with Crippen molar-refractivity contribution in [2.24, 2.45) is 0 Å². The average Bonchev–Trinajstić information content (AvgIpc) is 3.00. The molecule has 7 heteroatoms. The van der Waals surface area contributed by atoms with Crippen molar-refractivity contribution in [1.29, 1.82) is 0 Å². The topological polar surface area (TPSA) is 73.2 Å². The van der Waals surface area contributed by atoms with Gasteiger partial charge in [-0.05, 0) is 31.2 Å². The quantitative estimate of drug-likeness (QED) is 0.669. The SMILES string of the molecule is CCOc1ccccc1NC(=O)CSc1nc2ccccc2n1C(C)=O. The Hall–Kier alpha value is -2.80. The van der Waals surface area contributed by atoms with Crippen LogP contribution in [0.2, 0.25) is 0 Å². The predicted octanol–water partition coefficient (Wildman–Crippen LogP) is 3.83. The van der Waals surface area contributed by atoms with Gasteiger partial charge in [0.15, 0.2) is 5.16 Å². The molecule has 0 saturated carbocycles. The van der Waals surface area contributed by atoms with Crippen LogP contribution in [0.4, 0.5) is 5.69 Å². The maximum absolute atomic E-state index is 12.3. The van der Waals surface area contributed by atoms with Crippen LogP contribution < -0.4 is 10.1 Å². The number of anilines is 1. The number of imidazole rings is 1. The second kappa shape index (κ2) is 8.05. The first-order valence-corrected chi connectivity index (χ1v) is 9.21. The van der Waals surface area contributed by atoms with E-state index in [0.717, 1.165) is 11.0 Å². The van der Waals surface area contributed by atoms with Crippen molar-refractivity contribution in [1.82, 2.24) is 9.55 Å². The number of nitrogens with zero attached hydrogens (tertiary/aromatic N) is 2. The Morgan fingerprint density at radius 2 is 1.88 bits per heavy atom. The minimum Gasteiger partial charge on any atom is -0.492 e. The molecular weight excluding hydrogens is 350 g/mol. The standard InChI is InChI=1S/C19H19N3O3S/c1-3-25-17-11-7-5-9-15(17)20-18(24)12-26-19-21-14-8-4-6-10-16(14)22(19)13(2)23/h4-11H,3,12H2,1-2H3,(H,20,24). The molecule has 0 radical (unpaired) electrons. The molecule has 26 heavy (non-hydrogen) atoms. The molecular formula is C19H19N3O3S. The molecule has 0 unspecified atom stereocenters. The van der Waals surface area contributed by atoms with Crippen LogP contribution in [0.15, 0.2) is 53.7 Å². The molecule has 1 N–H and O–H groups in total. The second-order valence-corrected chi connectivity index (χ2v) is 6.45. The van der Waals surface area contributed by atoms with Gasteiger partial charge in [0.25, 0.3) is 0 Å². The van der Waals surface area contributed by atoms with Gasteiger partial charge in [-0.2, -0.15) is 0 Å². The fourth-order valence-electron chi connectivity index (χ4n) is 2.57.